The molecular formula is C23H22N4O2. The predicted molar refractivity (Wildman–Crippen MR) is 112 cm³/mol. The van der Waals surface area contributed by atoms with Gasteiger partial charge in [-0.2, -0.15) is 5.26 Å². The highest BCUT2D eigenvalue weighted by atomic mass is 16.2. The topological polar surface area (TPSA) is 94.3 Å². The van der Waals surface area contributed by atoms with E-state index in [1.165, 1.54) is 0 Å². The van der Waals surface area contributed by atoms with Crippen LogP contribution in [0.25, 0.3) is 5.70 Å². The average Bonchev–Trinajstić information content (AvgIpc) is 3.06. The first kappa shape index (κ1) is 20.0. The van der Waals surface area contributed by atoms with E-state index in [2.05, 4.69) is 15.6 Å². The zero-order chi connectivity index (χ0) is 21.0. The first-order chi connectivity index (χ1) is 13.9. The summed E-state index contributed by atoms with van der Waals surface area (Å²) in [5.41, 5.74) is 3.07. The van der Waals surface area contributed by atoms with Gasteiger partial charge < -0.3 is 10.6 Å². The largest absolute Gasteiger partial charge is 0.351 e. The summed E-state index contributed by atoms with van der Waals surface area (Å²) in [5.74, 6) is -0.193. The van der Waals surface area contributed by atoms with E-state index in [-0.39, 0.29) is 23.1 Å². The third kappa shape index (κ3) is 4.41. The van der Waals surface area contributed by atoms with Crippen molar-refractivity contribution in [1.82, 2.24) is 10.6 Å². The summed E-state index contributed by atoms with van der Waals surface area (Å²) in [6.45, 7) is 6.35. The summed E-state index contributed by atoms with van der Waals surface area (Å²) in [5, 5.41) is 15.2. The zero-order valence-corrected chi connectivity index (χ0v) is 16.6. The van der Waals surface area contributed by atoms with E-state index >= 15 is 0 Å². The molecule has 1 heterocycles. The number of nitrogens with zero attached hydrogens (tertiary/aromatic N) is 2. The molecule has 6 heteroatoms. The highest BCUT2D eigenvalue weighted by Crippen LogP contribution is 2.30. The number of carbonyl (C=O) groups is 2. The second-order valence-corrected chi connectivity index (χ2v) is 7.27. The van der Waals surface area contributed by atoms with Crippen LogP contribution in [0.2, 0.25) is 0 Å². The van der Waals surface area contributed by atoms with Crippen LogP contribution in [0.5, 0.6) is 0 Å². The van der Waals surface area contributed by atoms with Crippen LogP contribution < -0.4 is 10.6 Å². The first-order valence-corrected chi connectivity index (χ1v) is 9.39. The van der Waals surface area contributed by atoms with Gasteiger partial charge in [0.1, 0.15) is 17.5 Å². The van der Waals surface area contributed by atoms with E-state index in [0.29, 0.717) is 29.1 Å². The van der Waals surface area contributed by atoms with Crippen molar-refractivity contribution in [1.29, 1.82) is 5.26 Å². The van der Waals surface area contributed by atoms with Crippen LogP contribution in [0.3, 0.4) is 0 Å². The van der Waals surface area contributed by atoms with Crippen molar-refractivity contribution in [3.8, 4) is 6.07 Å². The van der Waals surface area contributed by atoms with Gasteiger partial charge >= 0.3 is 0 Å². The number of aliphatic imine (C=N–C) groups is 1. The third-order valence-corrected chi connectivity index (χ3v) is 4.45. The highest BCUT2D eigenvalue weighted by Gasteiger charge is 2.27. The number of benzene rings is 2. The van der Waals surface area contributed by atoms with Gasteiger partial charge in [-0.05, 0) is 25.0 Å². The molecule has 29 heavy (non-hydrogen) atoms. The minimum Gasteiger partial charge on any atom is -0.351 e. The van der Waals surface area contributed by atoms with Gasteiger partial charge in [0.25, 0.3) is 11.8 Å². The lowest BCUT2D eigenvalue weighted by Gasteiger charge is -2.08. The Morgan fingerprint density at radius 1 is 1.07 bits per heavy atom. The van der Waals surface area contributed by atoms with Gasteiger partial charge in [-0.15, -0.1) is 0 Å². The van der Waals surface area contributed by atoms with Crippen LogP contribution in [0.4, 0.5) is 0 Å². The molecule has 0 radical (unpaired) electrons. The van der Waals surface area contributed by atoms with Crippen molar-refractivity contribution < 1.29 is 9.59 Å². The Morgan fingerprint density at radius 2 is 1.72 bits per heavy atom. The third-order valence-electron chi connectivity index (χ3n) is 4.45. The van der Waals surface area contributed by atoms with Crippen molar-refractivity contribution >= 4 is 23.3 Å². The van der Waals surface area contributed by atoms with E-state index in [0.717, 1.165) is 5.56 Å². The molecule has 2 N–H and O–H groups in total. The van der Waals surface area contributed by atoms with Crippen molar-refractivity contribution in [3.05, 3.63) is 76.4 Å². The summed E-state index contributed by atoms with van der Waals surface area (Å²) >= 11 is 0. The van der Waals surface area contributed by atoms with E-state index < -0.39 is 5.91 Å². The maximum atomic E-state index is 12.6. The second kappa shape index (κ2) is 8.53. The van der Waals surface area contributed by atoms with Gasteiger partial charge in [0.15, 0.2) is 0 Å². The van der Waals surface area contributed by atoms with Crippen molar-refractivity contribution in [3.63, 3.8) is 0 Å². The molecule has 0 spiro atoms. The van der Waals surface area contributed by atoms with Crippen molar-refractivity contribution in [2.24, 2.45) is 10.9 Å². The van der Waals surface area contributed by atoms with Crippen LogP contribution >= 0.6 is 0 Å². The number of nitrogens with one attached hydrogen (secondary N) is 2. The number of aryl methyl sites for hydroxylation is 1. The van der Waals surface area contributed by atoms with Crippen molar-refractivity contribution in [2.45, 2.75) is 20.8 Å². The van der Waals surface area contributed by atoms with Gasteiger partial charge in [-0.3, -0.25) is 9.59 Å². The van der Waals surface area contributed by atoms with Crippen LogP contribution in [0, 0.1) is 24.2 Å². The maximum Gasteiger partial charge on any atom is 0.264 e. The van der Waals surface area contributed by atoms with Crippen LogP contribution in [-0.2, 0) is 4.79 Å². The quantitative estimate of drug-likeness (QED) is 0.624. The lowest BCUT2D eigenvalue weighted by molar-refractivity contribution is -0.117. The molecule has 0 saturated carbocycles. The lowest BCUT2D eigenvalue weighted by Crippen LogP contribution is -2.30. The molecule has 6 nitrogen and oxygen atoms in total. The molecule has 0 aromatic heterocycles. The number of hydrogen-bond donors (Lipinski definition) is 2. The molecule has 0 bridgehead atoms. The lowest BCUT2D eigenvalue weighted by atomic mass is 10.0. The molecular weight excluding hydrogens is 364 g/mol. The van der Waals surface area contributed by atoms with E-state index in [1.807, 2.05) is 45.0 Å². The first-order valence-electron chi connectivity index (χ1n) is 9.39. The molecule has 0 unspecified atom stereocenters. The Labute approximate surface area is 170 Å². The van der Waals surface area contributed by atoms with E-state index in [4.69, 9.17) is 0 Å². The summed E-state index contributed by atoms with van der Waals surface area (Å²) in [7, 11) is 0. The number of nitriles is 1. The van der Waals surface area contributed by atoms with Crippen molar-refractivity contribution in [2.75, 3.05) is 6.54 Å². The van der Waals surface area contributed by atoms with Crippen LogP contribution in [0.1, 0.15) is 40.9 Å². The minimum absolute atomic E-state index is 0.0716. The molecule has 0 saturated heterocycles. The van der Waals surface area contributed by atoms with Crippen LogP contribution in [0.15, 0.2) is 59.1 Å². The zero-order valence-electron chi connectivity index (χ0n) is 16.6. The fourth-order valence-corrected chi connectivity index (χ4v) is 2.90. The maximum absolute atomic E-state index is 12.6. The SMILES string of the molecule is Cc1ccc(C(=O)NC2=N/C(=C(\C#N)C(=O)NCC(C)C)c3ccccc32)cc1. The summed E-state index contributed by atoms with van der Waals surface area (Å²) < 4.78 is 0. The number of rotatable bonds is 4. The molecule has 1 aliphatic heterocycles. The van der Waals surface area contributed by atoms with Gasteiger partial charge in [0.2, 0.25) is 0 Å². The monoisotopic (exact) mass is 386 g/mol. The molecule has 0 aliphatic carbocycles. The summed E-state index contributed by atoms with van der Waals surface area (Å²) in [6.07, 6.45) is 0. The Hall–Kier alpha value is -3.72. The molecule has 146 valence electrons. The average molecular weight is 386 g/mol. The van der Waals surface area contributed by atoms with Gasteiger partial charge in [-0.25, -0.2) is 4.99 Å². The van der Waals surface area contributed by atoms with Crippen LogP contribution in [-0.4, -0.2) is 24.2 Å². The fraction of sp³-hybridized carbons (Fsp3) is 0.217. The van der Waals surface area contributed by atoms with Gasteiger partial charge in [0.05, 0.1) is 5.70 Å². The van der Waals surface area contributed by atoms with Gasteiger partial charge in [0, 0.05) is 23.2 Å². The Bertz CT molecular complexity index is 1060. The summed E-state index contributed by atoms with van der Waals surface area (Å²) in [6, 6.07) is 16.4. The second-order valence-electron chi connectivity index (χ2n) is 7.27. The smallest absolute Gasteiger partial charge is 0.264 e. The van der Waals surface area contributed by atoms with E-state index in [1.54, 1.807) is 30.3 Å². The predicted octanol–water partition coefficient (Wildman–Crippen LogP) is 3.19. The molecule has 0 atom stereocenters. The standard InChI is InChI=1S/C23H22N4O2/c1-14(2)13-25-23(29)19(12-24)20-17-6-4-5-7-18(17)21(26-20)27-22(28)16-10-8-15(3)9-11-16/h4-11,14H,13H2,1-3H3,(H,25,29)(H,26,27,28)/b20-19+. The minimum atomic E-state index is -0.471. The molecule has 1 aliphatic rings. The molecule has 0 fully saturated rings. The normalized spacial score (nSPS) is 14.0. The molecule has 2 aromatic carbocycles. The number of hydrogen-bond acceptors (Lipinski definition) is 4. The number of carbonyl (C=O) groups excluding carboxylic acids is 2. The molecule has 2 amide bonds. The van der Waals surface area contributed by atoms with Gasteiger partial charge in [-0.1, -0.05) is 55.8 Å². The molecule has 2 aromatic rings. The fourth-order valence-electron chi connectivity index (χ4n) is 2.90. The van der Waals surface area contributed by atoms with E-state index in [9.17, 15) is 14.9 Å². The Balaban J connectivity index is 1.96. The number of fused-ring (bicyclic) bond motifs is 1. The molecule has 3 rings (SSSR count). The Morgan fingerprint density at radius 3 is 2.34 bits per heavy atom. The number of amidine groups is 1. The highest BCUT2D eigenvalue weighted by molar-refractivity contribution is 6.20. The summed E-state index contributed by atoms with van der Waals surface area (Å²) in [4.78, 5) is 29.6. The Kier molecular flexibility index (Phi) is 5.89. The number of amides is 2.